The van der Waals surface area contributed by atoms with Crippen LogP contribution in [0.2, 0.25) is 5.02 Å². The normalized spacial score (nSPS) is 14.3. The standard InChI is InChI=1S/C20H18ClFN2O3/c1-27-12-2-11-24-19(25)17(13-3-5-14(21)6-4-13)18(20(24)26)23-16-9-7-15(22)8-10-16/h3-10,23H,2,11-12H2,1H3. The third kappa shape index (κ3) is 4.18. The zero-order chi connectivity index (χ0) is 19.4. The number of anilines is 1. The van der Waals surface area contributed by atoms with Crippen LogP contribution in [0.25, 0.3) is 5.57 Å². The Hall–Kier alpha value is -2.70. The Balaban J connectivity index is 1.97. The second-order valence-electron chi connectivity index (χ2n) is 6.00. The first-order valence-electron chi connectivity index (χ1n) is 8.39. The van der Waals surface area contributed by atoms with Gasteiger partial charge in [-0.25, -0.2) is 4.39 Å². The highest BCUT2D eigenvalue weighted by molar-refractivity contribution is 6.36. The molecule has 0 bridgehead atoms. The van der Waals surface area contributed by atoms with Crippen LogP contribution in [0.5, 0.6) is 0 Å². The van der Waals surface area contributed by atoms with Crippen molar-refractivity contribution in [1.29, 1.82) is 0 Å². The van der Waals surface area contributed by atoms with E-state index in [1.165, 1.54) is 29.2 Å². The van der Waals surface area contributed by atoms with Crippen LogP contribution in [0.3, 0.4) is 0 Å². The molecule has 140 valence electrons. The summed E-state index contributed by atoms with van der Waals surface area (Å²) in [7, 11) is 1.56. The molecule has 3 rings (SSSR count). The summed E-state index contributed by atoms with van der Waals surface area (Å²) < 4.78 is 18.2. The summed E-state index contributed by atoms with van der Waals surface area (Å²) in [6.07, 6.45) is 0.533. The zero-order valence-electron chi connectivity index (χ0n) is 14.7. The molecule has 7 heteroatoms. The number of rotatable bonds is 7. The van der Waals surface area contributed by atoms with Gasteiger partial charge in [0, 0.05) is 31.0 Å². The minimum absolute atomic E-state index is 0.159. The van der Waals surface area contributed by atoms with Crippen LogP contribution in [-0.2, 0) is 14.3 Å². The number of hydrogen-bond donors (Lipinski definition) is 1. The molecule has 2 aromatic rings. The van der Waals surface area contributed by atoms with Crippen molar-refractivity contribution in [1.82, 2.24) is 4.90 Å². The molecule has 27 heavy (non-hydrogen) atoms. The average molecular weight is 389 g/mol. The molecule has 2 aromatic carbocycles. The fraction of sp³-hybridized carbons (Fsp3) is 0.200. The molecule has 0 radical (unpaired) electrons. The average Bonchev–Trinajstić information content (AvgIpc) is 2.89. The van der Waals surface area contributed by atoms with Crippen molar-refractivity contribution in [2.24, 2.45) is 0 Å². The summed E-state index contributed by atoms with van der Waals surface area (Å²) in [6.45, 7) is 0.686. The summed E-state index contributed by atoms with van der Waals surface area (Å²) in [5.74, 6) is -1.20. The number of nitrogens with one attached hydrogen (secondary N) is 1. The third-order valence-electron chi connectivity index (χ3n) is 4.14. The van der Waals surface area contributed by atoms with Gasteiger partial charge in [-0.1, -0.05) is 23.7 Å². The van der Waals surface area contributed by atoms with E-state index in [9.17, 15) is 14.0 Å². The smallest absolute Gasteiger partial charge is 0.278 e. The van der Waals surface area contributed by atoms with Gasteiger partial charge in [0.05, 0.1) is 5.57 Å². The monoisotopic (exact) mass is 388 g/mol. The molecule has 0 aromatic heterocycles. The van der Waals surface area contributed by atoms with E-state index in [0.29, 0.717) is 29.3 Å². The first kappa shape index (κ1) is 19.1. The number of methoxy groups -OCH3 is 1. The maximum Gasteiger partial charge on any atom is 0.278 e. The number of benzene rings is 2. The number of imide groups is 1. The van der Waals surface area contributed by atoms with Crippen LogP contribution in [0.15, 0.2) is 54.2 Å². The Bertz CT molecular complexity index is 879. The number of carbonyl (C=O) groups is 2. The van der Waals surface area contributed by atoms with Gasteiger partial charge in [-0.15, -0.1) is 0 Å². The molecular weight excluding hydrogens is 371 g/mol. The van der Waals surface area contributed by atoms with E-state index < -0.39 is 5.91 Å². The molecule has 0 fully saturated rings. The van der Waals surface area contributed by atoms with Gasteiger partial charge in [-0.05, 0) is 48.4 Å². The molecule has 0 aliphatic carbocycles. The largest absolute Gasteiger partial charge is 0.385 e. The van der Waals surface area contributed by atoms with Gasteiger partial charge in [-0.3, -0.25) is 14.5 Å². The summed E-state index contributed by atoms with van der Waals surface area (Å²) in [6, 6.07) is 12.3. The molecule has 0 unspecified atom stereocenters. The van der Waals surface area contributed by atoms with Crippen molar-refractivity contribution in [2.45, 2.75) is 6.42 Å². The zero-order valence-corrected chi connectivity index (χ0v) is 15.4. The van der Waals surface area contributed by atoms with Crippen molar-refractivity contribution in [2.75, 3.05) is 25.6 Å². The maximum absolute atomic E-state index is 13.2. The van der Waals surface area contributed by atoms with Gasteiger partial charge in [0.15, 0.2) is 0 Å². The molecule has 1 aliphatic rings. The van der Waals surface area contributed by atoms with Crippen molar-refractivity contribution in [3.05, 3.63) is 70.6 Å². The molecule has 1 heterocycles. The summed E-state index contributed by atoms with van der Waals surface area (Å²) >= 11 is 5.93. The Morgan fingerprint density at radius 1 is 1.04 bits per heavy atom. The number of amides is 2. The molecule has 0 spiro atoms. The Labute approximate surface area is 161 Å². The summed E-state index contributed by atoms with van der Waals surface area (Å²) in [5.41, 5.74) is 1.51. The van der Waals surface area contributed by atoms with Gasteiger partial charge >= 0.3 is 0 Å². The van der Waals surface area contributed by atoms with Crippen molar-refractivity contribution in [3.63, 3.8) is 0 Å². The number of hydrogen-bond acceptors (Lipinski definition) is 4. The van der Waals surface area contributed by atoms with E-state index in [-0.39, 0.29) is 29.5 Å². The number of ether oxygens (including phenoxy) is 1. The van der Waals surface area contributed by atoms with Gasteiger partial charge in [-0.2, -0.15) is 0 Å². The maximum atomic E-state index is 13.2. The van der Waals surface area contributed by atoms with Crippen molar-refractivity contribution in [3.8, 4) is 0 Å². The molecule has 1 aliphatic heterocycles. The summed E-state index contributed by atoms with van der Waals surface area (Å²) in [4.78, 5) is 27.0. The minimum Gasteiger partial charge on any atom is -0.385 e. The number of carbonyl (C=O) groups excluding carboxylic acids is 2. The molecular formula is C20H18ClFN2O3. The van der Waals surface area contributed by atoms with Gasteiger partial charge < -0.3 is 10.1 Å². The number of halogens is 2. The van der Waals surface area contributed by atoms with E-state index in [1.807, 2.05) is 0 Å². The summed E-state index contributed by atoms with van der Waals surface area (Å²) in [5, 5.41) is 3.50. The van der Waals surface area contributed by atoms with Crippen LogP contribution in [-0.4, -0.2) is 37.0 Å². The van der Waals surface area contributed by atoms with Crippen molar-refractivity contribution < 1.29 is 18.7 Å². The van der Waals surface area contributed by atoms with Crippen LogP contribution in [0.1, 0.15) is 12.0 Å². The lowest BCUT2D eigenvalue weighted by atomic mass is 10.0. The van der Waals surface area contributed by atoms with Crippen LogP contribution < -0.4 is 5.32 Å². The fourth-order valence-electron chi connectivity index (χ4n) is 2.82. The Kier molecular flexibility index (Phi) is 5.88. The highest BCUT2D eigenvalue weighted by Gasteiger charge is 2.38. The second kappa shape index (κ2) is 8.33. The quantitative estimate of drug-likeness (QED) is 0.580. The molecule has 5 nitrogen and oxygen atoms in total. The minimum atomic E-state index is -0.426. The van der Waals surface area contributed by atoms with E-state index >= 15 is 0 Å². The van der Waals surface area contributed by atoms with Gasteiger partial charge in [0.2, 0.25) is 0 Å². The van der Waals surface area contributed by atoms with Crippen molar-refractivity contribution >= 4 is 34.7 Å². The van der Waals surface area contributed by atoms with Gasteiger partial charge in [0.25, 0.3) is 11.8 Å². The topological polar surface area (TPSA) is 58.6 Å². The fourth-order valence-corrected chi connectivity index (χ4v) is 2.95. The molecule has 0 atom stereocenters. The van der Waals surface area contributed by atoms with Crippen LogP contribution in [0.4, 0.5) is 10.1 Å². The van der Waals surface area contributed by atoms with E-state index in [1.54, 1.807) is 31.4 Å². The predicted octanol–water partition coefficient (Wildman–Crippen LogP) is 3.71. The lowest BCUT2D eigenvalue weighted by Gasteiger charge is -2.15. The number of nitrogens with zero attached hydrogens (tertiary/aromatic N) is 1. The SMILES string of the molecule is COCCCN1C(=O)C(Nc2ccc(F)cc2)=C(c2ccc(Cl)cc2)C1=O. The molecule has 0 saturated carbocycles. The van der Waals surface area contributed by atoms with E-state index in [4.69, 9.17) is 16.3 Å². The molecule has 2 amide bonds. The van der Waals surface area contributed by atoms with E-state index in [0.717, 1.165) is 0 Å². The first-order chi connectivity index (χ1) is 13.0. The van der Waals surface area contributed by atoms with Gasteiger partial charge in [0.1, 0.15) is 11.5 Å². The second-order valence-corrected chi connectivity index (χ2v) is 6.43. The Morgan fingerprint density at radius 3 is 2.33 bits per heavy atom. The lowest BCUT2D eigenvalue weighted by Crippen LogP contribution is -2.33. The predicted molar refractivity (Wildman–Crippen MR) is 102 cm³/mol. The van der Waals surface area contributed by atoms with Crippen LogP contribution in [0, 0.1) is 5.82 Å². The Morgan fingerprint density at radius 2 is 1.70 bits per heavy atom. The molecule has 1 N–H and O–H groups in total. The lowest BCUT2D eigenvalue weighted by molar-refractivity contribution is -0.136. The highest BCUT2D eigenvalue weighted by Crippen LogP contribution is 2.31. The van der Waals surface area contributed by atoms with E-state index in [2.05, 4.69) is 5.32 Å². The van der Waals surface area contributed by atoms with Crippen LogP contribution >= 0.6 is 11.6 Å². The third-order valence-corrected chi connectivity index (χ3v) is 4.40. The highest BCUT2D eigenvalue weighted by atomic mass is 35.5. The molecule has 0 saturated heterocycles. The first-order valence-corrected chi connectivity index (χ1v) is 8.77.